The van der Waals surface area contributed by atoms with Gasteiger partial charge in [0.1, 0.15) is 11.4 Å². The number of alkyl halides is 2. The Morgan fingerprint density at radius 3 is 2.47 bits per heavy atom. The quantitative estimate of drug-likeness (QED) is 0.768. The monoisotopic (exact) mass is 215 g/mol. The molecule has 1 atom stereocenters. The predicted octanol–water partition coefficient (Wildman–Crippen LogP) is 2.82. The fourth-order valence-corrected chi connectivity index (χ4v) is 1.39. The highest BCUT2D eigenvalue weighted by atomic mass is 19.3. The third kappa shape index (κ3) is 2.21. The molecule has 2 N–H and O–H groups in total. The van der Waals surface area contributed by atoms with Crippen LogP contribution in [0.1, 0.15) is 12.0 Å². The van der Waals surface area contributed by atoms with Crippen LogP contribution in [0, 0.1) is 5.82 Å². The van der Waals surface area contributed by atoms with Crippen LogP contribution in [0.25, 0.3) is 0 Å². The maximum Gasteiger partial charge on any atom is 0.260 e. The molecule has 1 rings (SSSR count). The number of rotatable bonds is 4. The maximum absolute atomic E-state index is 13.3. The number of halogens is 3. The second kappa shape index (κ2) is 4.49. The summed E-state index contributed by atoms with van der Waals surface area (Å²) in [5.41, 5.74) is 3.34. The van der Waals surface area contributed by atoms with Crippen molar-refractivity contribution in [1.29, 1.82) is 0 Å². The summed E-state index contributed by atoms with van der Waals surface area (Å²) >= 11 is 0. The molecule has 0 bridgehead atoms. The lowest BCUT2D eigenvalue weighted by atomic mass is 9.87. The Kier molecular flexibility index (Phi) is 3.52. The topological polar surface area (TPSA) is 26.0 Å². The number of benzene rings is 1. The zero-order valence-electron chi connectivity index (χ0n) is 8.09. The van der Waals surface area contributed by atoms with Gasteiger partial charge in [-0.3, -0.25) is 0 Å². The van der Waals surface area contributed by atoms with Crippen LogP contribution in [0.3, 0.4) is 0 Å². The third-order valence-corrected chi connectivity index (χ3v) is 2.25. The van der Waals surface area contributed by atoms with E-state index in [-0.39, 0.29) is 12.0 Å². The van der Waals surface area contributed by atoms with Gasteiger partial charge >= 0.3 is 0 Å². The normalized spacial score (nSPS) is 15.0. The van der Waals surface area contributed by atoms with E-state index >= 15 is 0 Å². The van der Waals surface area contributed by atoms with E-state index in [1.807, 2.05) is 0 Å². The summed E-state index contributed by atoms with van der Waals surface area (Å²) in [6.45, 7) is 3.35. The zero-order chi connectivity index (χ0) is 11.5. The first-order valence-corrected chi connectivity index (χ1v) is 4.45. The molecular weight excluding hydrogens is 203 g/mol. The molecule has 0 saturated heterocycles. The molecule has 0 fully saturated rings. The molecule has 4 heteroatoms. The Bertz CT molecular complexity index is 351. The van der Waals surface area contributed by atoms with Crippen LogP contribution in [0.15, 0.2) is 36.9 Å². The van der Waals surface area contributed by atoms with E-state index in [1.165, 1.54) is 24.3 Å². The fourth-order valence-electron chi connectivity index (χ4n) is 1.39. The molecule has 1 unspecified atom stereocenters. The summed E-state index contributed by atoms with van der Waals surface area (Å²) in [7, 11) is 0. The predicted molar refractivity (Wildman–Crippen MR) is 53.1 cm³/mol. The average Bonchev–Trinajstić information content (AvgIpc) is 2.18. The van der Waals surface area contributed by atoms with E-state index in [2.05, 4.69) is 6.58 Å². The van der Waals surface area contributed by atoms with E-state index in [9.17, 15) is 13.2 Å². The Balaban J connectivity index is 3.21. The fraction of sp³-hybridized carbons (Fsp3) is 0.273. The third-order valence-electron chi connectivity index (χ3n) is 2.25. The molecule has 0 radical (unpaired) electrons. The van der Waals surface area contributed by atoms with Crippen molar-refractivity contribution in [2.24, 2.45) is 5.73 Å². The van der Waals surface area contributed by atoms with Crippen molar-refractivity contribution in [3.8, 4) is 0 Å². The summed E-state index contributed by atoms with van der Waals surface area (Å²) in [4.78, 5) is 0. The SMILES string of the molecule is C=CCC(N)(c1ccccc1F)C(F)F. The van der Waals surface area contributed by atoms with E-state index in [0.717, 1.165) is 6.07 Å². The zero-order valence-corrected chi connectivity index (χ0v) is 8.09. The minimum absolute atomic E-state index is 0.175. The minimum atomic E-state index is -2.84. The van der Waals surface area contributed by atoms with Crippen molar-refractivity contribution in [2.75, 3.05) is 0 Å². The number of hydrogen-bond donors (Lipinski definition) is 1. The lowest BCUT2D eigenvalue weighted by Crippen LogP contribution is -2.44. The molecule has 0 aliphatic rings. The second-order valence-corrected chi connectivity index (χ2v) is 3.31. The van der Waals surface area contributed by atoms with Gasteiger partial charge in [0, 0.05) is 5.56 Å². The van der Waals surface area contributed by atoms with Crippen molar-refractivity contribution in [2.45, 2.75) is 18.4 Å². The highest BCUT2D eigenvalue weighted by Gasteiger charge is 2.38. The largest absolute Gasteiger partial charge is 0.316 e. The summed E-state index contributed by atoms with van der Waals surface area (Å²) in [6, 6.07) is 5.29. The molecule has 1 aromatic carbocycles. The molecule has 0 amide bonds. The molecule has 0 aromatic heterocycles. The first kappa shape index (κ1) is 11.8. The summed E-state index contributed by atoms with van der Waals surface area (Å²) < 4.78 is 38.9. The van der Waals surface area contributed by atoms with Crippen molar-refractivity contribution in [3.05, 3.63) is 48.3 Å². The van der Waals surface area contributed by atoms with Gasteiger partial charge in [-0.15, -0.1) is 6.58 Å². The van der Waals surface area contributed by atoms with Crippen molar-refractivity contribution in [3.63, 3.8) is 0 Å². The molecule has 0 spiro atoms. The van der Waals surface area contributed by atoms with Gasteiger partial charge in [0.15, 0.2) is 0 Å². The molecule has 0 aliphatic heterocycles. The smallest absolute Gasteiger partial charge is 0.260 e. The summed E-state index contributed by atoms with van der Waals surface area (Å²) in [6.07, 6.45) is -1.75. The highest BCUT2D eigenvalue weighted by Crippen LogP contribution is 2.31. The van der Waals surface area contributed by atoms with Crippen LogP contribution in [0.2, 0.25) is 0 Å². The van der Waals surface area contributed by atoms with Gasteiger partial charge in [-0.25, -0.2) is 13.2 Å². The van der Waals surface area contributed by atoms with Crippen LogP contribution >= 0.6 is 0 Å². The molecule has 1 nitrogen and oxygen atoms in total. The standard InChI is InChI=1S/C11H12F3N/c1-2-7-11(15,10(13)14)8-5-3-4-6-9(8)12/h2-6,10H,1,7,15H2. The van der Waals surface area contributed by atoms with Crippen LogP contribution in [-0.2, 0) is 5.54 Å². The van der Waals surface area contributed by atoms with Gasteiger partial charge in [0.2, 0.25) is 0 Å². The maximum atomic E-state index is 13.3. The summed E-state index contributed by atoms with van der Waals surface area (Å²) in [5.74, 6) is -0.720. The first-order valence-electron chi connectivity index (χ1n) is 4.45. The van der Waals surface area contributed by atoms with E-state index < -0.39 is 17.8 Å². The van der Waals surface area contributed by atoms with Crippen LogP contribution in [0.5, 0.6) is 0 Å². The van der Waals surface area contributed by atoms with E-state index in [4.69, 9.17) is 5.73 Å². The van der Waals surface area contributed by atoms with Gasteiger partial charge < -0.3 is 5.73 Å². The van der Waals surface area contributed by atoms with Crippen LogP contribution in [0.4, 0.5) is 13.2 Å². The Morgan fingerprint density at radius 2 is 2.00 bits per heavy atom. The summed E-state index contributed by atoms with van der Waals surface area (Å²) in [5, 5.41) is 0. The average molecular weight is 215 g/mol. The van der Waals surface area contributed by atoms with Crippen LogP contribution < -0.4 is 5.73 Å². The lowest BCUT2D eigenvalue weighted by Gasteiger charge is -2.28. The molecule has 15 heavy (non-hydrogen) atoms. The van der Waals surface area contributed by atoms with Gasteiger partial charge in [-0.05, 0) is 12.5 Å². The van der Waals surface area contributed by atoms with Crippen molar-refractivity contribution in [1.82, 2.24) is 0 Å². The van der Waals surface area contributed by atoms with Gasteiger partial charge in [0.05, 0.1) is 0 Å². The molecule has 0 heterocycles. The molecule has 82 valence electrons. The van der Waals surface area contributed by atoms with E-state index in [0.29, 0.717) is 0 Å². The number of nitrogens with two attached hydrogens (primary N) is 1. The molecule has 0 saturated carbocycles. The number of hydrogen-bond acceptors (Lipinski definition) is 1. The lowest BCUT2D eigenvalue weighted by molar-refractivity contribution is 0.0513. The molecular formula is C11H12F3N. The second-order valence-electron chi connectivity index (χ2n) is 3.31. The molecule has 1 aromatic rings. The van der Waals surface area contributed by atoms with E-state index in [1.54, 1.807) is 0 Å². The Hall–Kier alpha value is -1.29. The van der Waals surface area contributed by atoms with Crippen molar-refractivity contribution < 1.29 is 13.2 Å². The van der Waals surface area contributed by atoms with Gasteiger partial charge in [-0.1, -0.05) is 24.3 Å². The Morgan fingerprint density at radius 1 is 1.40 bits per heavy atom. The van der Waals surface area contributed by atoms with Crippen LogP contribution in [-0.4, -0.2) is 6.43 Å². The van der Waals surface area contributed by atoms with Gasteiger partial charge in [-0.2, -0.15) is 0 Å². The Labute approximate surface area is 86.4 Å². The minimum Gasteiger partial charge on any atom is -0.316 e. The first-order chi connectivity index (χ1) is 7.02. The highest BCUT2D eigenvalue weighted by molar-refractivity contribution is 5.27. The van der Waals surface area contributed by atoms with Gasteiger partial charge in [0.25, 0.3) is 6.43 Å². The molecule has 0 aliphatic carbocycles. The van der Waals surface area contributed by atoms with Crippen molar-refractivity contribution >= 4 is 0 Å².